The summed E-state index contributed by atoms with van der Waals surface area (Å²) >= 11 is 0. The third kappa shape index (κ3) is 4.60. The van der Waals surface area contributed by atoms with Crippen LogP contribution in [0.3, 0.4) is 0 Å². The van der Waals surface area contributed by atoms with Crippen molar-refractivity contribution in [2.45, 2.75) is 70.6 Å². The van der Waals surface area contributed by atoms with E-state index < -0.39 is 7.12 Å². The molecule has 3 aliphatic rings. The van der Waals surface area contributed by atoms with Gasteiger partial charge < -0.3 is 24.8 Å². The number of aromatic nitrogens is 2. The molecule has 0 spiro atoms. The zero-order chi connectivity index (χ0) is 20.6. The van der Waals surface area contributed by atoms with E-state index in [0.29, 0.717) is 12.0 Å². The molecule has 1 saturated carbocycles. The Balaban J connectivity index is 1.43. The normalized spacial score (nSPS) is 26.7. The molecular weight excluding hydrogens is 365 g/mol. The Hall–Kier alpha value is -1.22. The summed E-state index contributed by atoms with van der Waals surface area (Å²) in [5, 5.41) is 0. The van der Waals surface area contributed by atoms with Crippen LogP contribution in [0.4, 0.5) is 5.95 Å². The molecule has 8 heteroatoms. The second kappa shape index (κ2) is 8.14. The molecule has 2 aliphatic heterocycles. The van der Waals surface area contributed by atoms with Crippen LogP contribution in [0.2, 0.25) is 0 Å². The predicted octanol–water partition coefficient (Wildman–Crippen LogP) is 1.42. The molecule has 3 heterocycles. The molecule has 160 valence electrons. The van der Waals surface area contributed by atoms with Crippen LogP contribution in [-0.2, 0) is 9.31 Å². The number of nitrogens with zero attached hydrogens (tertiary/aromatic N) is 4. The zero-order valence-corrected chi connectivity index (χ0v) is 18.4. The van der Waals surface area contributed by atoms with Crippen LogP contribution >= 0.6 is 0 Å². The average Bonchev–Trinajstić information content (AvgIpc) is 3.48. The fraction of sp³-hybridized carbons (Fsp3) is 0.810. The first kappa shape index (κ1) is 21.0. The number of piperidine rings is 1. The molecule has 2 saturated heterocycles. The van der Waals surface area contributed by atoms with E-state index in [-0.39, 0.29) is 11.2 Å². The maximum absolute atomic E-state index is 6.13. The van der Waals surface area contributed by atoms with E-state index in [4.69, 9.17) is 25.0 Å². The summed E-state index contributed by atoms with van der Waals surface area (Å²) in [7, 11) is -0.411. The SMILES string of the molecule is CC1(C)OB(c2cnc(N(CC3CCCN(CCN)C3)C3CC3)nc2)OC1(C)C. The topological polar surface area (TPSA) is 76.7 Å². The molecule has 0 amide bonds. The van der Waals surface area contributed by atoms with Crippen molar-refractivity contribution in [2.75, 3.05) is 37.6 Å². The monoisotopic (exact) mass is 401 g/mol. The van der Waals surface area contributed by atoms with Gasteiger partial charge in [-0.3, -0.25) is 0 Å². The Morgan fingerprint density at radius 2 is 1.79 bits per heavy atom. The van der Waals surface area contributed by atoms with Crippen LogP contribution in [-0.4, -0.2) is 72.0 Å². The molecule has 29 heavy (non-hydrogen) atoms. The largest absolute Gasteiger partial charge is 0.498 e. The van der Waals surface area contributed by atoms with Crippen LogP contribution < -0.4 is 16.1 Å². The summed E-state index contributed by atoms with van der Waals surface area (Å²) in [5.41, 5.74) is 5.94. The first-order chi connectivity index (χ1) is 13.8. The Kier molecular flexibility index (Phi) is 5.90. The molecule has 2 N–H and O–H groups in total. The molecule has 1 aromatic rings. The first-order valence-corrected chi connectivity index (χ1v) is 11.2. The molecule has 1 aliphatic carbocycles. The van der Waals surface area contributed by atoms with Gasteiger partial charge in [-0.1, -0.05) is 0 Å². The smallest absolute Gasteiger partial charge is 0.399 e. The maximum atomic E-state index is 6.13. The van der Waals surface area contributed by atoms with E-state index in [1.165, 1.54) is 32.2 Å². The molecule has 1 atom stereocenters. The van der Waals surface area contributed by atoms with Crippen molar-refractivity contribution >= 4 is 18.5 Å². The van der Waals surface area contributed by atoms with Gasteiger partial charge in [0.15, 0.2) is 0 Å². The summed E-state index contributed by atoms with van der Waals surface area (Å²) in [6.07, 6.45) is 8.76. The molecule has 0 bridgehead atoms. The van der Waals surface area contributed by atoms with Crippen molar-refractivity contribution in [3.8, 4) is 0 Å². The Labute approximate surface area is 175 Å². The van der Waals surface area contributed by atoms with Gasteiger partial charge in [0.05, 0.1) is 11.2 Å². The quantitative estimate of drug-likeness (QED) is 0.693. The summed E-state index contributed by atoms with van der Waals surface area (Å²) < 4.78 is 12.3. The summed E-state index contributed by atoms with van der Waals surface area (Å²) in [5.74, 6) is 1.49. The highest BCUT2D eigenvalue weighted by atomic mass is 16.7. The van der Waals surface area contributed by atoms with Gasteiger partial charge in [0.2, 0.25) is 5.95 Å². The minimum Gasteiger partial charge on any atom is -0.399 e. The summed E-state index contributed by atoms with van der Waals surface area (Å²) in [6.45, 7) is 13.3. The van der Waals surface area contributed by atoms with Gasteiger partial charge in [-0.05, 0) is 65.8 Å². The van der Waals surface area contributed by atoms with Gasteiger partial charge in [0.1, 0.15) is 0 Å². The number of hydrogen-bond acceptors (Lipinski definition) is 7. The fourth-order valence-corrected chi connectivity index (χ4v) is 4.32. The second-order valence-corrected chi connectivity index (χ2v) is 9.89. The molecule has 1 aromatic heterocycles. The first-order valence-electron chi connectivity index (χ1n) is 11.2. The van der Waals surface area contributed by atoms with Crippen LogP contribution in [0.25, 0.3) is 0 Å². The van der Waals surface area contributed by atoms with E-state index >= 15 is 0 Å². The third-order valence-electron chi connectivity index (χ3n) is 6.93. The number of rotatable bonds is 7. The Morgan fingerprint density at radius 3 is 2.38 bits per heavy atom. The van der Waals surface area contributed by atoms with E-state index in [2.05, 4.69) is 37.5 Å². The van der Waals surface area contributed by atoms with E-state index in [9.17, 15) is 0 Å². The summed E-state index contributed by atoms with van der Waals surface area (Å²) in [4.78, 5) is 14.4. The highest BCUT2D eigenvalue weighted by molar-refractivity contribution is 6.61. The molecule has 0 aromatic carbocycles. The number of anilines is 1. The molecule has 3 fully saturated rings. The number of likely N-dealkylation sites (tertiary alicyclic amines) is 1. The van der Waals surface area contributed by atoms with Gasteiger partial charge in [0, 0.05) is 50.1 Å². The fourth-order valence-electron chi connectivity index (χ4n) is 4.32. The minimum atomic E-state index is -0.411. The van der Waals surface area contributed by atoms with E-state index in [1.54, 1.807) is 0 Å². The zero-order valence-electron chi connectivity index (χ0n) is 18.4. The lowest BCUT2D eigenvalue weighted by molar-refractivity contribution is 0.00578. The lowest BCUT2D eigenvalue weighted by Crippen LogP contribution is -2.44. The highest BCUT2D eigenvalue weighted by Crippen LogP contribution is 2.36. The van der Waals surface area contributed by atoms with Crippen molar-refractivity contribution in [1.29, 1.82) is 0 Å². The lowest BCUT2D eigenvalue weighted by Gasteiger charge is -2.35. The van der Waals surface area contributed by atoms with Gasteiger partial charge >= 0.3 is 7.12 Å². The van der Waals surface area contributed by atoms with Crippen molar-refractivity contribution < 1.29 is 9.31 Å². The minimum absolute atomic E-state index is 0.354. The maximum Gasteiger partial charge on any atom is 0.498 e. The molecular formula is C21H36BN5O2. The molecule has 7 nitrogen and oxygen atoms in total. The predicted molar refractivity (Wildman–Crippen MR) is 116 cm³/mol. The Morgan fingerprint density at radius 1 is 1.14 bits per heavy atom. The molecule has 1 unspecified atom stereocenters. The molecule has 4 rings (SSSR count). The van der Waals surface area contributed by atoms with Crippen LogP contribution in [0.1, 0.15) is 53.4 Å². The second-order valence-electron chi connectivity index (χ2n) is 9.89. The van der Waals surface area contributed by atoms with Crippen LogP contribution in [0.5, 0.6) is 0 Å². The van der Waals surface area contributed by atoms with Crippen LogP contribution in [0.15, 0.2) is 12.4 Å². The van der Waals surface area contributed by atoms with Crippen LogP contribution in [0, 0.1) is 5.92 Å². The number of nitrogens with two attached hydrogens (primary N) is 1. The third-order valence-corrected chi connectivity index (χ3v) is 6.93. The molecule has 0 radical (unpaired) electrons. The lowest BCUT2D eigenvalue weighted by atomic mass is 9.81. The van der Waals surface area contributed by atoms with Crippen molar-refractivity contribution in [1.82, 2.24) is 14.9 Å². The van der Waals surface area contributed by atoms with E-state index in [0.717, 1.165) is 37.6 Å². The van der Waals surface area contributed by atoms with Crippen molar-refractivity contribution in [3.05, 3.63) is 12.4 Å². The highest BCUT2D eigenvalue weighted by Gasteiger charge is 2.52. The van der Waals surface area contributed by atoms with E-state index in [1.807, 2.05) is 12.4 Å². The number of hydrogen-bond donors (Lipinski definition) is 1. The van der Waals surface area contributed by atoms with Gasteiger partial charge in [-0.25, -0.2) is 9.97 Å². The Bertz CT molecular complexity index is 677. The van der Waals surface area contributed by atoms with Gasteiger partial charge in [0.25, 0.3) is 0 Å². The standard InChI is InChI=1S/C21H36BN5O2/c1-20(2)21(3,4)29-22(28-20)17-12-24-19(25-13-17)27(18-7-8-18)15-16-6-5-10-26(14-16)11-9-23/h12-13,16,18H,5-11,14-15,23H2,1-4H3. The van der Waals surface area contributed by atoms with Gasteiger partial charge in [-0.15, -0.1) is 0 Å². The van der Waals surface area contributed by atoms with Gasteiger partial charge in [-0.2, -0.15) is 0 Å². The average molecular weight is 401 g/mol. The van der Waals surface area contributed by atoms with Crippen molar-refractivity contribution in [3.63, 3.8) is 0 Å². The summed E-state index contributed by atoms with van der Waals surface area (Å²) in [6, 6.07) is 0.586. The van der Waals surface area contributed by atoms with Crippen molar-refractivity contribution in [2.24, 2.45) is 11.7 Å².